The Morgan fingerprint density at radius 3 is 1.84 bits per heavy atom. The number of carbonyl (C=O) groups is 4. The number of aliphatic hydroxyl groups excluding tert-OH is 2. The molecule has 0 saturated heterocycles. The van der Waals surface area contributed by atoms with Gasteiger partial charge in [0.05, 0.1) is 72.0 Å². The van der Waals surface area contributed by atoms with Gasteiger partial charge in [-0.25, -0.2) is 14.0 Å². The Morgan fingerprint density at radius 1 is 0.747 bits per heavy atom. The number of carboxylic acids is 1. The van der Waals surface area contributed by atoms with E-state index in [-0.39, 0.29) is 112 Å². The number of halogens is 10. The largest absolute Gasteiger partial charge is 0.481 e. The Balaban J connectivity index is 0.000000300. The van der Waals surface area contributed by atoms with Gasteiger partial charge in [-0.05, 0) is 134 Å². The fraction of sp³-hybridized carbons (Fsp3) is 0.356. The summed E-state index contributed by atoms with van der Waals surface area (Å²) in [6.07, 6.45) is -19.8. The second-order valence-corrected chi connectivity index (χ2v) is 19.6. The predicted octanol–water partition coefficient (Wildman–Crippen LogP) is 14.1. The molecule has 0 saturated carbocycles. The number of hydrogen-bond acceptors (Lipinski definition) is 8. The molecule has 1 aliphatic rings. The van der Waals surface area contributed by atoms with E-state index in [1.165, 1.54) is 19.1 Å². The van der Waals surface area contributed by atoms with Crippen LogP contribution in [0, 0.1) is 5.82 Å². The SMILES string of the molecule is CC(C)c1c(C(=O)Nc2ccccc2)c(-c2ccccc2)c(-c2ccc(F)cc2)n1CC[C@@H](O)C[C@@H](O)CC(=O)O.CCOC(=O)N1c2ccc(C(F)(F)F)cc2[C@@H](N(Cc2cc(C(F)(F)F)cc(C(F)(F)F)c2)C(=O)OC)C[C@H]1CC.[Ca]. The number of benzene rings is 5. The maximum absolute atomic E-state index is 14.0. The summed E-state index contributed by atoms with van der Waals surface area (Å²) in [5.41, 5.74) is -0.504. The van der Waals surface area contributed by atoms with Crippen molar-refractivity contribution in [1.82, 2.24) is 9.47 Å². The summed E-state index contributed by atoms with van der Waals surface area (Å²) in [4.78, 5) is 52.6. The van der Waals surface area contributed by atoms with Crippen LogP contribution in [0.5, 0.6) is 0 Å². The minimum atomic E-state index is -5.17. The van der Waals surface area contributed by atoms with Gasteiger partial charge < -0.3 is 34.7 Å². The molecule has 83 heavy (non-hydrogen) atoms. The fourth-order valence-corrected chi connectivity index (χ4v) is 9.92. The molecule has 0 aliphatic carbocycles. The third-order valence-electron chi connectivity index (χ3n) is 13.5. The van der Waals surface area contributed by atoms with Crippen molar-refractivity contribution in [3.8, 4) is 22.4 Å². The van der Waals surface area contributed by atoms with Gasteiger partial charge in [0.15, 0.2) is 0 Å². The topological polar surface area (TPSA) is 171 Å². The number of nitrogens with one attached hydrogen (secondary N) is 1. The average Bonchev–Trinajstić information content (AvgIpc) is 2.05. The van der Waals surface area contributed by atoms with E-state index in [4.69, 9.17) is 14.6 Å². The Hall–Kier alpha value is -6.66. The zero-order valence-electron chi connectivity index (χ0n) is 45.7. The van der Waals surface area contributed by atoms with Crippen LogP contribution in [0.1, 0.15) is 116 Å². The number of aliphatic hydroxyl groups is 2. The quantitative estimate of drug-likeness (QED) is 0.0513. The van der Waals surface area contributed by atoms with Crippen molar-refractivity contribution in [2.45, 2.75) is 122 Å². The van der Waals surface area contributed by atoms with E-state index in [1.54, 1.807) is 19.1 Å². The van der Waals surface area contributed by atoms with Crippen LogP contribution in [0.4, 0.5) is 64.9 Å². The van der Waals surface area contributed by atoms with Gasteiger partial charge in [-0.15, -0.1) is 0 Å². The summed E-state index contributed by atoms with van der Waals surface area (Å²) < 4.78 is 148. The molecule has 6 aromatic rings. The zero-order valence-corrected chi connectivity index (χ0v) is 47.9. The first kappa shape index (κ1) is 67.1. The summed E-state index contributed by atoms with van der Waals surface area (Å²) in [6, 6.07) is 25.8. The van der Waals surface area contributed by atoms with Gasteiger partial charge in [0.25, 0.3) is 5.91 Å². The van der Waals surface area contributed by atoms with E-state index < -0.39 is 96.2 Å². The molecule has 3 amide bonds. The van der Waals surface area contributed by atoms with Crippen LogP contribution in [-0.4, -0.2) is 119 Å². The van der Waals surface area contributed by atoms with Crippen molar-refractivity contribution in [2.24, 2.45) is 0 Å². The molecule has 442 valence electrons. The molecule has 2 radical (unpaired) electrons. The Morgan fingerprint density at radius 2 is 1.33 bits per heavy atom. The number of ether oxygens (including phenoxy) is 2. The van der Waals surface area contributed by atoms with E-state index in [2.05, 4.69) is 5.32 Å². The smallest absolute Gasteiger partial charge is 0.416 e. The zero-order chi connectivity index (χ0) is 60.4. The summed E-state index contributed by atoms with van der Waals surface area (Å²) in [7, 11) is 0.903. The molecule has 7 rings (SSSR count). The number of fused-ring (bicyclic) bond motifs is 1. The third-order valence-corrected chi connectivity index (χ3v) is 13.5. The number of para-hydroxylation sites is 1. The van der Waals surface area contributed by atoms with Crippen molar-refractivity contribution in [3.63, 3.8) is 0 Å². The predicted molar refractivity (Wildman–Crippen MR) is 290 cm³/mol. The first-order chi connectivity index (χ1) is 38.6. The summed E-state index contributed by atoms with van der Waals surface area (Å²) >= 11 is 0. The van der Waals surface area contributed by atoms with Crippen molar-refractivity contribution in [2.75, 3.05) is 23.9 Å². The van der Waals surface area contributed by atoms with E-state index in [0.717, 1.165) is 34.2 Å². The number of amides is 3. The van der Waals surface area contributed by atoms with Gasteiger partial charge >= 0.3 is 36.7 Å². The summed E-state index contributed by atoms with van der Waals surface area (Å²) in [5.74, 6) is -1.93. The number of aliphatic carboxylic acids is 1. The molecular weight excluding hydrogens is 1140 g/mol. The molecule has 2 heterocycles. The van der Waals surface area contributed by atoms with Crippen LogP contribution in [-0.2, 0) is 45.9 Å². The van der Waals surface area contributed by atoms with Gasteiger partial charge in [0.1, 0.15) is 5.82 Å². The fourth-order valence-electron chi connectivity index (χ4n) is 9.92. The number of carbonyl (C=O) groups excluding carboxylic acids is 3. The molecule has 4 atom stereocenters. The van der Waals surface area contributed by atoms with Gasteiger partial charge in [0, 0.05) is 73.8 Å². The van der Waals surface area contributed by atoms with E-state index >= 15 is 0 Å². The van der Waals surface area contributed by atoms with Crippen LogP contribution >= 0.6 is 0 Å². The van der Waals surface area contributed by atoms with Crippen LogP contribution in [0.25, 0.3) is 22.4 Å². The molecule has 24 heteroatoms. The second kappa shape index (κ2) is 28.8. The monoisotopic (exact) mass is 1200 g/mol. The Labute approximate surface area is 501 Å². The Bertz CT molecular complexity index is 3140. The Kier molecular flexibility index (Phi) is 23.3. The van der Waals surface area contributed by atoms with Crippen molar-refractivity contribution < 1.29 is 87.9 Å². The number of hydrogen-bond donors (Lipinski definition) is 4. The average molecular weight is 1200 g/mol. The molecule has 0 unspecified atom stereocenters. The normalized spacial score (nSPS) is 15.0. The minimum Gasteiger partial charge on any atom is -0.481 e. The number of carboxylic acid groups (broad SMARTS) is 1. The van der Waals surface area contributed by atoms with Crippen molar-refractivity contribution in [3.05, 3.63) is 166 Å². The molecule has 0 spiro atoms. The number of rotatable bonds is 17. The third kappa shape index (κ3) is 17.0. The van der Waals surface area contributed by atoms with Gasteiger partial charge in [-0.2, -0.15) is 39.5 Å². The van der Waals surface area contributed by atoms with Crippen LogP contribution in [0.15, 0.2) is 121 Å². The summed E-state index contributed by atoms with van der Waals surface area (Å²) in [5, 5.41) is 32.8. The second-order valence-electron chi connectivity index (χ2n) is 19.6. The molecule has 1 aromatic heterocycles. The maximum atomic E-state index is 14.0. The van der Waals surface area contributed by atoms with Crippen LogP contribution < -0.4 is 10.2 Å². The van der Waals surface area contributed by atoms with E-state index in [0.29, 0.717) is 52.3 Å². The van der Waals surface area contributed by atoms with Crippen molar-refractivity contribution >= 4 is 73.2 Å². The number of methoxy groups -OCH3 is 1. The molecule has 5 aromatic carbocycles. The molecule has 1 aliphatic heterocycles. The number of nitrogens with zero attached hydrogens (tertiary/aromatic N) is 3. The number of anilines is 2. The standard InChI is InChI=1S/C33H35FN2O5.C26H25F9N2O4.Ca/c1-21(2)31-30(33(41)35-25-11-7-4-8-12-25)29(22-9-5-3-6-10-22)32(23-13-15-24(34)16-14-23)36(31)18-17-26(37)19-27(38)20-28(39)40;1-4-18-12-21(19-11-15(24(27,28)29)6-7-20(19)37(18)23(39)41-5-2)36(22(38)40-3)13-14-8-16(25(30,31)32)10-17(9-14)26(33,34)35;/h3-16,21,26-27,37-38H,17-20H2,1-2H3,(H,35,41)(H,39,40);6-11,18,21H,4-5,12-13H2,1-3H3;/t26-,27-;18-,21+;/m11./s1. The summed E-state index contributed by atoms with van der Waals surface area (Å²) in [6.45, 7) is 6.48. The number of alkyl halides is 9. The van der Waals surface area contributed by atoms with Gasteiger partial charge in [-0.3, -0.25) is 19.4 Å². The molecule has 0 bridgehead atoms. The molecule has 0 fully saturated rings. The number of aromatic nitrogens is 1. The van der Waals surface area contributed by atoms with Gasteiger partial charge in [-0.1, -0.05) is 69.3 Å². The van der Waals surface area contributed by atoms with Gasteiger partial charge in [0.2, 0.25) is 0 Å². The van der Waals surface area contributed by atoms with Crippen molar-refractivity contribution in [1.29, 1.82) is 0 Å². The first-order valence-electron chi connectivity index (χ1n) is 25.9. The minimum absolute atomic E-state index is 0. The first-order valence-corrected chi connectivity index (χ1v) is 25.9. The van der Waals surface area contributed by atoms with Crippen LogP contribution in [0.3, 0.4) is 0 Å². The molecule has 13 nitrogen and oxygen atoms in total. The maximum Gasteiger partial charge on any atom is 0.416 e. The van der Waals surface area contributed by atoms with E-state index in [9.17, 15) is 73.3 Å². The molecular formula is C59H60CaF10N4O9. The molecule has 4 N–H and O–H groups in total. The van der Waals surface area contributed by atoms with E-state index in [1.807, 2.05) is 79.1 Å². The van der Waals surface area contributed by atoms with Crippen LogP contribution in [0.2, 0.25) is 0 Å².